The van der Waals surface area contributed by atoms with Crippen molar-refractivity contribution in [2.45, 2.75) is 26.1 Å². The molecule has 0 radical (unpaired) electrons. The van der Waals surface area contributed by atoms with Crippen LogP contribution in [0.3, 0.4) is 0 Å². The minimum absolute atomic E-state index is 0.0720. The predicted octanol–water partition coefficient (Wildman–Crippen LogP) is 3.12. The Hall–Kier alpha value is -0.880. The first-order valence-electron chi connectivity index (χ1n) is 6.57. The van der Waals surface area contributed by atoms with E-state index in [0.717, 1.165) is 0 Å². The van der Waals surface area contributed by atoms with Gasteiger partial charge in [0.2, 0.25) is 0 Å². The highest BCUT2D eigenvalue weighted by molar-refractivity contribution is 7.80. The third kappa shape index (κ3) is 4.30. The van der Waals surface area contributed by atoms with Crippen LogP contribution in [0.4, 0.5) is 0 Å². The Kier molecular flexibility index (Phi) is 5.43. The van der Waals surface area contributed by atoms with Crippen molar-refractivity contribution < 1.29 is 9.53 Å². The Morgan fingerprint density at radius 3 is 2.52 bits per heavy atom. The van der Waals surface area contributed by atoms with Gasteiger partial charge in [0, 0.05) is 18.1 Å². The highest BCUT2D eigenvalue weighted by Crippen LogP contribution is 2.21. The zero-order chi connectivity index (χ0) is 15.6. The van der Waals surface area contributed by atoms with Gasteiger partial charge in [0.1, 0.15) is 0 Å². The molecule has 2 rings (SSSR count). The highest BCUT2D eigenvalue weighted by Gasteiger charge is 2.25. The van der Waals surface area contributed by atoms with E-state index >= 15 is 0 Å². The summed E-state index contributed by atoms with van der Waals surface area (Å²) < 4.78 is 5.64. The lowest BCUT2D eigenvalue weighted by Crippen LogP contribution is -2.52. The minimum atomic E-state index is -0.339. The average molecular weight is 347 g/mol. The van der Waals surface area contributed by atoms with Crippen LogP contribution in [0.1, 0.15) is 24.2 Å². The number of rotatable bonds is 1. The lowest BCUT2D eigenvalue weighted by Gasteiger charge is -2.36. The van der Waals surface area contributed by atoms with Crippen molar-refractivity contribution in [1.29, 1.82) is 0 Å². The fourth-order valence-corrected chi connectivity index (χ4v) is 3.00. The van der Waals surface area contributed by atoms with Gasteiger partial charge in [0.25, 0.3) is 5.91 Å². The van der Waals surface area contributed by atoms with Crippen molar-refractivity contribution in [3.63, 3.8) is 0 Å². The zero-order valence-electron chi connectivity index (χ0n) is 11.7. The predicted molar refractivity (Wildman–Crippen MR) is 88.1 cm³/mol. The van der Waals surface area contributed by atoms with Crippen molar-refractivity contribution in [2.75, 3.05) is 13.1 Å². The number of amides is 1. The van der Waals surface area contributed by atoms with Gasteiger partial charge < -0.3 is 9.64 Å². The third-order valence-corrected chi connectivity index (χ3v) is 4.01. The quantitative estimate of drug-likeness (QED) is 0.793. The average Bonchev–Trinajstić information content (AvgIpc) is 2.37. The van der Waals surface area contributed by atoms with Crippen LogP contribution in [0, 0.1) is 0 Å². The maximum Gasteiger partial charge on any atom is 0.258 e. The van der Waals surface area contributed by atoms with E-state index in [4.69, 9.17) is 40.2 Å². The number of carbonyl (C=O) groups excluding carboxylic acids is 1. The number of nitrogens with zero attached hydrogens (tertiary/aromatic N) is 1. The number of morpholine rings is 1. The molecule has 1 amide bonds. The molecule has 1 N–H and O–H groups in total. The zero-order valence-corrected chi connectivity index (χ0v) is 14.1. The van der Waals surface area contributed by atoms with E-state index in [9.17, 15) is 4.79 Å². The van der Waals surface area contributed by atoms with E-state index in [0.29, 0.717) is 33.8 Å². The van der Waals surface area contributed by atoms with Gasteiger partial charge >= 0.3 is 0 Å². The molecule has 0 aromatic heterocycles. The summed E-state index contributed by atoms with van der Waals surface area (Å²) >= 11 is 17.1. The van der Waals surface area contributed by atoms with E-state index in [2.05, 4.69) is 5.32 Å². The molecule has 2 atom stereocenters. The molecule has 1 aromatic carbocycles. The summed E-state index contributed by atoms with van der Waals surface area (Å²) in [5.41, 5.74) is 0.345. The molecule has 7 heteroatoms. The Labute approximate surface area is 139 Å². The molecule has 1 aliphatic rings. The lowest BCUT2D eigenvalue weighted by molar-refractivity contribution is -0.0481. The number of carbonyl (C=O) groups is 1. The van der Waals surface area contributed by atoms with Gasteiger partial charge in [-0.1, -0.05) is 23.2 Å². The Bertz CT molecular complexity index is 558. The van der Waals surface area contributed by atoms with Crippen LogP contribution in [-0.4, -0.2) is 41.2 Å². The largest absolute Gasteiger partial charge is 0.372 e. The van der Waals surface area contributed by atoms with Crippen molar-refractivity contribution >= 4 is 46.4 Å². The molecule has 0 saturated carbocycles. The first-order chi connectivity index (χ1) is 9.86. The van der Waals surface area contributed by atoms with E-state index in [1.54, 1.807) is 12.1 Å². The molecular weight excluding hydrogens is 331 g/mol. The number of ether oxygens (including phenoxy) is 1. The molecule has 1 fully saturated rings. The lowest BCUT2D eigenvalue weighted by atomic mass is 10.2. The number of hydrogen-bond donors (Lipinski definition) is 1. The third-order valence-electron chi connectivity index (χ3n) is 3.10. The summed E-state index contributed by atoms with van der Waals surface area (Å²) in [7, 11) is 0. The maximum atomic E-state index is 12.2. The molecule has 4 nitrogen and oxygen atoms in total. The summed E-state index contributed by atoms with van der Waals surface area (Å²) in [6.45, 7) is 5.25. The van der Waals surface area contributed by atoms with Gasteiger partial charge in [-0.05, 0) is 44.3 Å². The van der Waals surface area contributed by atoms with Gasteiger partial charge in [0.05, 0.1) is 22.8 Å². The Morgan fingerprint density at radius 1 is 1.33 bits per heavy atom. The van der Waals surface area contributed by atoms with Gasteiger partial charge in [0.15, 0.2) is 5.11 Å². The summed E-state index contributed by atoms with van der Waals surface area (Å²) in [5.74, 6) is -0.339. The highest BCUT2D eigenvalue weighted by atomic mass is 35.5. The monoisotopic (exact) mass is 346 g/mol. The van der Waals surface area contributed by atoms with Crippen LogP contribution in [0.25, 0.3) is 0 Å². The van der Waals surface area contributed by atoms with E-state index in [-0.39, 0.29) is 18.1 Å². The molecule has 0 spiro atoms. The maximum absolute atomic E-state index is 12.2. The number of benzene rings is 1. The molecule has 1 saturated heterocycles. The van der Waals surface area contributed by atoms with Crippen molar-refractivity contribution in [3.05, 3.63) is 33.8 Å². The number of hydrogen-bond acceptors (Lipinski definition) is 3. The molecule has 0 aliphatic carbocycles. The first kappa shape index (κ1) is 16.5. The number of nitrogens with one attached hydrogen (secondary N) is 1. The second-order valence-corrected chi connectivity index (χ2v) is 6.28. The molecule has 1 heterocycles. The van der Waals surface area contributed by atoms with Crippen LogP contribution in [0.15, 0.2) is 18.2 Å². The fourth-order valence-electron chi connectivity index (χ4n) is 2.26. The van der Waals surface area contributed by atoms with E-state index < -0.39 is 0 Å². The van der Waals surface area contributed by atoms with Gasteiger partial charge in [-0.2, -0.15) is 0 Å². The summed E-state index contributed by atoms with van der Waals surface area (Å²) in [6.07, 6.45) is 0.144. The molecule has 1 aromatic rings. The van der Waals surface area contributed by atoms with Crippen molar-refractivity contribution in [1.82, 2.24) is 10.2 Å². The van der Waals surface area contributed by atoms with Crippen LogP contribution in [-0.2, 0) is 4.74 Å². The summed E-state index contributed by atoms with van der Waals surface area (Å²) in [4.78, 5) is 14.1. The van der Waals surface area contributed by atoms with E-state index in [1.165, 1.54) is 6.07 Å². The molecule has 114 valence electrons. The van der Waals surface area contributed by atoms with Crippen molar-refractivity contribution in [2.24, 2.45) is 0 Å². The van der Waals surface area contributed by atoms with E-state index in [1.807, 2.05) is 18.7 Å². The minimum Gasteiger partial charge on any atom is -0.372 e. The Morgan fingerprint density at radius 2 is 1.95 bits per heavy atom. The standard InChI is InChI=1S/C14H16Cl2N2O2S/c1-8-6-18(7-9(2)20-8)14(21)17-13(19)11-4-3-10(15)5-12(11)16/h3-5,8-9H,6-7H2,1-2H3,(H,17,19,21)/t8-,9-/m1/s1. The smallest absolute Gasteiger partial charge is 0.258 e. The fraction of sp³-hybridized carbons (Fsp3) is 0.429. The second kappa shape index (κ2) is 6.92. The SMILES string of the molecule is C[C@@H]1CN(C(=S)NC(=O)c2ccc(Cl)cc2Cl)C[C@@H](C)O1. The molecular formula is C14H16Cl2N2O2S. The van der Waals surface area contributed by atoms with Crippen molar-refractivity contribution in [3.8, 4) is 0 Å². The number of thiocarbonyl (C=S) groups is 1. The summed E-state index contributed by atoms with van der Waals surface area (Å²) in [6, 6.07) is 4.72. The molecule has 1 aliphatic heterocycles. The van der Waals surface area contributed by atoms with Gasteiger partial charge in [-0.25, -0.2) is 0 Å². The van der Waals surface area contributed by atoms with Gasteiger partial charge in [-0.15, -0.1) is 0 Å². The summed E-state index contributed by atoms with van der Waals surface area (Å²) in [5, 5.41) is 3.86. The molecule has 0 unspecified atom stereocenters. The van der Waals surface area contributed by atoms with Gasteiger partial charge in [-0.3, -0.25) is 10.1 Å². The number of halogens is 2. The first-order valence-corrected chi connectivity index (χ1v) is 7.74. The van der Waals surface area contributed by atoms with Crippen LogP contribution < -0.4 is 5.32 Å². The second-order valence-electron chi connectivity index (χ2n) is 5.05. The molecule has 21 heavy (non-hydrogen) atoms. The van der Waals surface area contributed by atoms with Crippen LogP contribution in [0.2, 0.25) is 10.0 Å². The topological polar surface area (TPSA) is 41.6 Å². The van der Waals surface area contributed by atoms with Crippen LogP contribution >= 0.6 is 35.4 Å². The normalized spacial score (nSPS) is 22.0. The molecule has 0 bridgehead atoms. The Balaban J connectivity index is 2.03. The van der Waals surface area contributed by atoms with Crippen LogP contribution in [0.5, 0.6) is 0 Å².